The first-order valence-corrected chi connectivity index (χ1v) is 11.2. The van der Waals surface area contributed by atoms with Gasteiger partial charge >= 0.3 is 0 Å². The second kappa shape index (κ2) is 9.79. The van der Waals surface area contributed by atoms with E-state index in [2.05, 4.69) is 18.3 Å². The minimum Gasteiger partial charge on any atom is -0.459 e. The molecule has 0 aliphatic heterocycles. The zero-order valence-electron chi connectivity index (χ0n) is 19.8. The van der Waals surface area contributed by atoms with Crippen LogP contribution in [0.2, 0.25) is 0 Å². The van der Waals surface area contributed by atoms with Crippen molar-refractivity contribution in [1.29, 1.82) is 0 Å². The summed E-state index contributed by atoms with van der Waals surface area (Å²) in [6, 6.07) is 18.9. The molecule has 2 aromatic heterocycles. The number of hydrogen-bond acceptors (Lipinski definition) is 4. The van der Waals surface area contributed by atoms with E-state index in [1.807, 2.05) is 74.0 Å². The van der Waals surface area contributed by atoms with Crippen molar-refractivity contribution < 1.29 is 14.0 Å². The molecule has 0 saturated heterocycles. The first kappa shape index (κ1) is 23.0. The van der Waals surface area contributed by atoms with Gasteiger partial charge in [-0.3, -0.25) is 19.5 Å². The second-order valence-electron chi connectivity index (χ2n) is 8.51. The van der Waals surface area contributed by atoms with Gasteiger partial charge in [-0.1, -0.05) is 36.4 Å². The summed E-state index contributed by atoms with van der Waals surface area (Å²) in [5.74, 6) is -0.0905. The first-order valence-electron chi connectivity index (χ1n) is 11.2. The maximum absolute atomic E-state index is 13.1. The molecule has 0 unspecified atom stereocenters. The van der Waals surface area contributed by atoms with Crippen molar-refractivity contribution in [2.45, 2.75) is 33.7 Å². The fourth-order valence-electron chi connectivity index (χ4n) is 3.64. The molecule has 34 heavy (non-hydrogen) atoms. The van der Waals surface area contributed by atoms with E-state index in [0.29, 0.717) is 5.95 Å². The third kappa shape index (κ3) is 4.93. The number of hydrogen-bond donors (Lipinski definition) is 1. The number of aryl methyl sites for hydroxylation is 2. The van der Waals surface area contributed by atoms with Crippen LogP contribution in [-0.4, -0.2) is 38.9 Å². The van der Waals surface area contributed by atoms with Gasteiger partial charge in [-0.25, -0.2) is 4.98 Å². The molecule has 7 nitrogen and oxygen atoms in total. The van der Waals surface area contributed by atoms with E-state index in [0.717, 1.165) is 22.5 Å². The van der Waals surface area contributed by atoms with Crippen LogP contribution < -0.4 is 5.32 Å². The Bertz CT molecular complexity index is 1290. The van der Waals surface area contributed by atoms with Crippen LogP contribution in [0.4, 0.5) is 5.95 Å². The van der Waals surface area contributed by atoms with Gasteiger partial charge in [-0.05, 0) is 63.1 Å². The maximum Gasteiger partial charge on any atom is 0.290 e. The molecule has 0 atom stereocenters. The van der Waals surface area contributed by atoms with Gasteiger partial charge in [0.05, 0.1) is 12.0 Å². The minimum absolute atomic E-state index is 0.127. The second-order valence-corrected chi connectivity index (χ2v) is 8.51. The Hall–Kier alpha value is -4.13. The summed E-state index contributed by atoms with van der Waals surface area (Å²) >= 11 is 0. The average molecular weight is 457 g/mol. The summed E-state index contributed by atoms with van der Waals surface area (Å²) in [7, 11) is 0. The van der Waals surface area contributed by atoms with Crippen LogP contribution in [-0.2, 0) is 4.79 Å². The summed E-state index contributed by atoms with van der Waals surface area (Å²) in [6.07, 6.45) is 3.35. The van der Waals surface area contributed by atoms with Crippen molar-refractivity contribution in [2.24, 2.45) is 0 Å². The van der Waals surface area contributed by atoms with Crippen molar-refractivity contribution in [3.8, 4) is 16.9 Å². The quantitative estimate of drug-likeness (QED) is 0.412. The SMILES string of the molecule is Cc1ccc(-n2cc(-c3ccccc3)nc2NC(=O)CN(C(=O)c2ccco2)C(C)C)cc1C. The third-order valence-corrected chi connectivity index (χ3v) is 5.73. The van der Waals surface area contributed by atoms with Gasteiger partial charge < -0.3 is 9.32 Å². The molecule has 2 amide bonds. The molecule has 0 aliphatic carbocycles. The van der Waals surface area contributed by atoms with Crippen molar-refractivity contribution in [3.63, 3.8) is 0 Å². The fraction of sp³-hybridized carbons (Fsp3) is 0.222. The Labute approximate surface area is 199 Å². The van der Waals surface area contributed by atoms with Crippen molar-refractivity contribution in [1.82, 2.24) is 14.5 Å². The van der Waals surface area contributed by atoms with Gasteiger partial charge in [0.25, 0.3) is 5.91 Å². The normalized spacial score (nSPS) is 11.0. The van der Waals surface area contributed by atoms with E-state index in [4.69, 9.17) is 9.40 Å². The van der Waals surface area contributed by atoms with E-state index >= 15 is 0 Å². The highest BCUT2D eigenvalue weighted by atomic mass is 16.3. The standard InChI is InChI=1S/C27H28N4O3/c1-18(2)30(26(33)24-11-8-14-34-24)17-25(32)29-27-28-23(21-9-6-5-7-10-21)16-31(27)22-13-12-19(3)20(4)15-22/h5-16,18H,17H2,1-4H3,(H,28,29,32). The molecule has 2 heterocycles. The van der Waals surface area contributed by atoms with E-state index in [1.54, 1.807) is 12.1 Å². The number of rotatable bonds is 7. The van der Waals surface area contributed by atoms with Gasteiger partial charge in [0.15, 0.2) is 5.76 Å². The Morgan fingerprint density at radius 1 is 1.03 bits per heavy atom. The average Bonchev–Trinajstić information content (AvgIpc) is 3.50. The molecule has 4 rings (SSSR count). The predicted molar refractivity (Wildman–Crippen MR) is 132 cm³/mol. The molecule has 174 valence electrons. The number of imidazole rings is 1. The number of carbonyl (C=O) groups excluding carboxylic acids is 2. The molecule has 2 aromatic carbocycles. The minimum atomic E-state index is -0.344. The van der Waals surface area contributed by atoms with E-state index in [9.17, 15) is 9.59 Å². The number of nitrogens with one attached hydrogen (secondary N) is 1. The summed E-state index contributed by atoms with van der Waals surface area (Å²) in [6.45, 7) is 7.70. The highest BCUT2D eigenvalue weighted by molar-refractivity contribution is 5.97. The highest BCUT2D eigenvalue weighted by Gasteiger charge is 2.24. The van der Waals surface area contributed by atoms with Crippen LogP contribution >= 0.6 is 0 Å². The molecule has 0 spiro atoms. The van der Waals surface area contributed by atoms with E-state index in [1.165, 1.54) is 16.7 Å². The lowest BCUT2D eigenvalue weighted by Gasteiger charge is -2.25. The van der Waals surface area contributed by atoms with Crippen molar-refractivity contribution >= 4 is 17.8 Å². The highest BCUT2D eigenvalue weighted by Crippen LogP contribution is 2.25. The van der Waals surface area contributed by atoms with E-state index < -0.39 is 0 Å². The molecule has 4 aromatic rings. The van der Waals surface area contributed by atoms with Gasteiger partial charge in [0.1, 0.15) is 6.54 Å². The Kier molecular flexibility index (Phi) is 6.63. The number of aromatic nitrogens is 2. The van der Waals surface area contributed by atoms with Crippen molar-refractivity contribution in [3.05, 3.63) is 90.0 Å². The van der Waals surface area contributed by atoms with Gasteiger partial charge in [0.2, 0.25) is 11.9 Å². The van der Waals surface area contributed by atoms with Gasteiger partial charge in [-0.15, -0.1) is 0 Å². The Balaban J connectivity index is 1.64. The number of benzene rings is 2. The van der Waals surface area contributed by atoms with Crippen LogP contribution in [0, 0.1) is 13.8 Å². The number of carbonyl (C=O) groups is 2. The molecule has 0 fully saturated rings. The molecule has 1 N–H and O–H groups in total. The molecular weight excluding hydrogens is 428 g/mol. The first-order chi connectivity index (χ1) is 16.3. The molecule has 0 bridgehead atoms. The van der Waals surface area contributed by atoms with Crippen LogP contribution in [0.25, 0.3) is 16.9 Å². The monoisotopic (exact) mass is 456 g/mol. The number of furan rings is 1. The van der Waals surface area contributed by atoms with E-state index in [-0.39, 0.29) is 30.2 Å². The molecule has 7 heteroatoms. The van der Waals surface area contributed by atoms with Gasteiger partial charge in [-0.2, -0.15) is 0 Å². The smallest absolute Gasteiger partial charge is 0.290 e. The Morgan fingerprint density at radius 3 is 2.44 bits per heavy atom. The zero-order valence-corrected chi connectivity index (χ0v) is 19.8. The lowest BCUT2D eigenvalue weighted by Crippen LogP contribution is -2.42. The van der Waals surface area contributed by atoms with Gasteiger partial charge in [0, 0.05) is 23.5 Å². The summed E-state index contributed by atoms with van der Waals surface area (Å²) in [4.78, 5) is 32.0. The molecule has 0 aliphatic rings. The molecule has 0 radical (unpaired) electrons. The summed E-state index contributed by atoms with van der Waals surface area (Å²) < 4.78 is 7.10. The van der Waals surface area contributed by atoms with Crippen LogP contribution in [0.3, 0.4) is 0 Å². The van der Waals surface area contributed by atoms with Crippen molar-refractivity contribution in [2.75, 3.05) is 11.9 Å². The largest absolute Gasteiger partial charge is 0.459 e. The number of anilines is 1. The lowest BCUT2D eigenvalue weighted by atomic mass is 10.1. The molecule has 0 saturated carbocycles. The number of amides is 2. The fourth-order valence-corrected chi connectivity index (χ4v) is 3.64. The summed E-state index contributed by atoms with van der Waals surface area (Å²) in [5, 5.41) is 2.91. The van der Waals surface area contributed by atoms with Crippen LogP contribution in [0.5, 0.6) is 0 Å². The topological polar surface area (TPSA) is 80.4 Å². The Morgan fingerprint density at radius 2 is 1.79 bits per heavy atom. The summed E-state index contributed by atoms with van der Waals surface area (Å²) in [5.41, 5.74) is 4.89. The third-order valence-electron chi connectivity index (χ3n) is 5.73. The van der Waals surface area contributed by atoms with Crippen LogP contribution in [0.1, 0.15) is 35.5 Å². The number of nitrogens with zero attached hydrogens (tertiary/aromatic N) is 3. The lowest BCUT2D eigenvalue weighted by molar-refractivity contribution is -0.117. The molecular formula is C27H28N4O3. The maximum atomic E-state index is 13.1. The predicted octanol–water partition coefficient (Wildman–Crippen LogP) is 5.24. The van der Waals surface area contributed by atoms with Crippen LogP contribution in [0.15, 0.2) is 77.5 Å². The zero-order chi connectivity index (χ0) is 24.2.